The summed E-state index contributed by atoms with van der Waals surface area (Å²) in [4.78, 5) is 1.18. The van der Waals surface area contributed by atoms with Crippen LogP contribution in [0, 0.1) is 0 Å². The highest BCUT2D eigenvalue weighted by atomic mass is 15.1. The molecule has 0 aromatic heterocycles. The van der Waals surface area contributed by atoms with E-state index in [-0.39, 0.29) is 16.9 Å². The number of rotatable bonds is 9. The van der Waals surface area contributed by atoms with Crippen molar-refractivity contribution < 1.29 is 23.3 Å². The van der Waals surface area contributed by atoms with Gasteiger partial charge in [0.1, 0.15) is 0 Å². The molecule has 0 saturated heterocycles. The van der Waals surface area contributed by atoms with Crippen LogP contribution in [0.4, 0.5) is 17.1 Å². The minimum absolute atomic E-state index is 0.0321. The number of anilines is 3. The van der Waals surface area contributed by atoms with Gasteiger partial charge >= 0.3 is 0 Å². The van der Waals surface area contributed by atoms with E-state index in [0.717, 1.165) is 38.8 Å². The van der Waals surface area contributed by atoms with Crippen LogP contribution in [0.2, 0.25) is 0 Å². The van der Waals surface area contributed by atoms with Crippen molar-refractivity contribution in [1.82, 2.24) is 0 Å². The summed E-state index contributed by atoms with van der Waals surface area (Å²) in [5, 5.41) is 1.41. The third-order valence-corrected chi connectivity index (χ3v) is 9.96. The van der Waals surface area contributed by atoms with Crippen LogP contribution in [0.3, 0.4) is 0 Å². The Bertz CT molecular complexity index is 3860. The van der Waals surface area contributed by atoms with Gasteiger partial charge in [-0.1, -0.05) is 194 Å². The zero-order chi connectivity index (χ0) is 54.2. The molecule has 0 atom stereocenters. The second-order valence-corrected chi connectivity index (χ2v) is 13.6. The van der Waals surface area contributed by atoms with E-state index in [2.05, 4.69) is 6.07 Å². The zero-order valence-electron chi connectivity index (χ0n) is 48.3. The Morgan fingerprint density at radius 3 is 1.39 bits per heavy atom. The molecule has 0 aliphatic rings. The van der Waals surface area contributed by atoms with Crippen molar-refractivity contribution in [1.29, 1.82) is 0 Å². The van der Waals surface area contributed by atoms with Crippen molar-refractivity contribution in [3.8, 4) is 66.8 Å². The number of hydrogen-bond acceptors (Lipinski definition) is 1. The monoisotopic (exact) mass is 768 g/mol. The third-order valence-electron chi connectivity index (χ3n) is 9.96. The second kappa shape index (κ2) is 16.0. The van der Waals surface area contributed by atoms with Crippen LogP contribution in [0.25, 0.3) is 77.5 Å². The number of benzene rings is 10. The van der Waals surface area contributed by atoms with Crippen LogP contribution < -0.4 is 4.90 Å². The average Bonchev–Trinajstić information content (AvgIpc) is 3.47. The lowest BCUT2D eigenvalue weighted by Gasteiger charge is -2.26. The Labute approximate surface area is 370 Å². The summed E-state index contributed by atoms with van der Waals surface area (Å²) in [7, 11) is 0. The molecule has 1 heteroatoms. The molecule has 0 bridgehead atoms. The molecule has 0 amide bonds. The standard InChI is InChI=1S/C58H41N/c1-4-14-42(15-5-1)45-26-28-46(29-27-45)47-30-34-54(35-31-47)59(56-23-12-22-50(41-56)58-25-13-21-49-20-10-11-24-57(49)58)55-36-32-48(33-37-55)53-39-51(43-16-6-2-7-17-43)38-52(40-53)44-18-8-3-9-19-44/h1-41H/i1D,4D,5D,12D,14D,15D,22D,23D,26D,27D,28D,29D,30D,31D,34D,35D,41D. The lowest BCUT2D eigenvalue weighted by atomic mass is 9.93. The fourth-order valence-electron chi connectivity index (χ4n) is 7.07. The van der Waals surface area contributed by atoms with Gasteiger partial charge in [-0.25, -0.2) is 0 Å². The maximum Gasteiger partial charge on any atom is 0.0651 e. The normalized spacial score (nSPS) is 15.1. The van der Waals surface area contributed by atoms with E-state index in [4.69, 9.17) is 12.3 Å². The Morgan fingerprint density at radius 2 is 0.780 bits per heavy atom. The molecule has 1 nitrogen and oxygen atoms in total. The van der Waals surface area contributed by atoms with E-state index < -0.39 is 131 Å². The quantitative estimate of drug-likeness (QED) is 0.141. The summed E-state index contributed by atoms with van der Waals surface area (Å²) in [6.07, 6.45) is 0. The van der Waals surface area contributed by atoms with Crippen LogP contribution in [-0.2, 0) is 0 Å². The molecule has 10 aromatic carbocycles. The Balaban J connectivity index is 1.22. The number of hydrogen-bond donors (Lipinski definition) is 0. The summed E-state index contributed by atoms with van der Waals surface area (Å²) in [6, 6.07) is 32.6. The van der Waals surface area contributed by atoms with Gasteiger partial charge in [-0.2, -0.15) is 0 Å². The molecule has 278 valence electrons. The van der Waals surface area contributed by atoms with Crippen molar-refractivity contribution in [2.24, 2.45) is 0 Å². The lowest BCUT2D eigenvalue weighted by Crippen LogP contribution is -2.10. The SMILES string of the molecule is [2H]c1c([2H])c([2H])c(-c2c([2H])c([2H])c(-c3c([2H])c([2H])c(N(c4ccc(-c5cc(-c6ccccc6)cc(-c6ccccc6)c5)cc4)c4c([2H])c([2H])c([2H])c(-c5cccc6ccccc56)c4[2H])c([2H])c3[2H])c([2H])c2[2H])c([2H])c1[2H]. The highest BCUT2D eigenvalue weighted by molar-refractivity contribution is 5.97. The molecule has 0 radical (unpaired) electrons. The van der Waals surface area contributed by atoms with Gasteiger partial charge in [-0.15, -0.1) is 0 Å². The third kappa shape index (κ3) is 7.46. The summed E-state index contributed by atoms with van der Waals surface area (Å²) in [6.45, 7) is 0. The second-order valence-electron chi connectivity index (χ2n) is 13.6. The van der Waals surface area contributed by atoms with Gasteiger partial charge in [0.2, 0.25) is 0 Å². The van der Waals surface area contributed by atoms with Gasteiger partial charge in [0.25, 0.3) is 0 Å². The van der Waals surface area contributed by atoms with Crippen molar-refractivity contribution >= 4 is 27.8 Å². The number of nitrogens with zero attached hydrogens (tertiary/aromatic N) is 1. The summed E-state index contributed by atoms with van der Waals surface area (Å²) < 4.78 is 154. The van der Waals surface area contributed by atoms with Crippen molar-refractivity contribution in [3.05, 3.63) is 248 Å². The predicted octanol–water partition coefficient (Wildman–Crippen LogP) is 16.3. The molecule has 10 rings (SSSR count). The predicted molar refractivity (Wildman–Crippen MR) is 251 cm³/mol. The fraction of sp³-hybridized carbons (Fsp3) is 0. The van der Waals surface area contributed by atoms with Gasteiger partial charge in [-0.3, -0.25) is 0 Å². The van der Waals surface area contributed by atoms with Crippen molar-refractivity contribution in [2.75, 3.05) is 4.90 Å². The van der Waals surface area contributed by atoms with E-state index in [1.165, 1.54) is 4.90 Å². The van der Waals surface area contributed by atoms with E-state index in [1.807, 2.05) is 91.0 Å². The molecule has 0 fully saturated rings. The first kappa shape index (κ1) is 21.7. The summed E-state index contributed by atoms with van der Waals surface area (Å²) in [5.74, 6) is 0. The topological polar surface area (TPSA) is 3.24 Å². The van der Waals surface area contributed by atoms with E-state index in [1.54, 1.807) is 48.5 Å². The van der Waals surface area contributed by atoms with Gasteiger partial charge in [0, 0.05) is 17.1 Å². The fourth-order valence-corrected chi connectivity index (χ4v) is 7.07. The maximum absolute atomic E-state index is 9.91. The molecule has 10 aromatic rings. The summed E-state index contributed by atoms with van der Waals surface area (Å²) >= 11 is 0. The first-order chi connectivity index (χ1) is 36.3. The Kier molecular flexibility index (Phi) is 5.89. The van der Waals surface area contributed by atoms with Gasteiger partial charge < -0.3 is 4.90 Å². The van der Waals surface area contributed by atoms with Crippen LogP contribution in [0.1, 0.15) is 23.3 Å². The first-order valence-electron chi connectivity index (χ1n) is 27.4. The smallest absolute Gasteiger partial charge is 0.0651 e. The zero-order valence-corrected chi connectivity index (χ0v) is 31.3. The molecular weight excluding hydrogens is 711 g/mol. The molecule has 0 N–H and O–H groups in total. The van der Waals surface area contributed by atoms with Gasteiger partial charge in [0.15, 0.2) is 0 Å². The van der Waals surface area contributed by atoms with Crippen LogP contribution in [-0.4, -0.2) is 0 Å². The van der Waals surface area contributed by atoms with Crippen LogP contribution in [0.15, 0.2) is 248 Å². The lowest BCUT2D eigenvalue weighted by molar-refractivity contribution is 1.28. The van der Waals surface area contributed by atoms with Crippen LogP contribution >= 0.6 is 0 Å². The maximum atomic E-state index is 9.91. The Morgan fingerprint density at radius 1 is 0.288 bits per heavy atom. The molecule has 0 aliphatic carbocycles. The van der Waals surface area contributed by atoms with Gasteiger partial charge in [0.05, 0.1) is 23.3 Å². The van der Waals surface area contributed by atoms with E-state index >= 15 is 0 Å². The van der Waals surface area contributed by atoms with Crippen LogP contribution in [0.5, 0.6) is 0 Å². The minimum atomic E-state index is -0.873. The summed E-state index contributed by atoms with van der Waals surface area (Å²) in [5.41, 5.74) is 2.48. The Hall–Kier alpha value is -7.74. The molecule has 0 aliphatic heterocycles. The molecule has 0 unspecified atom stereocenters. The number of fused-ring (bicyclic) bond motifs is 1. The molecule has 59 heavy (non-hydrogen) atoms. The molecule has 0 spiro atoms. The average molecular weight is 769 g/mol. The minimum Gasteiger partial charge on any atom is -0.310 e. The highest BCUT2D eigenvalue weighted by Gasteiger charge is 2.16. The first-order valence-corrected chi connectivity index (χ1v) is 18.9. The highest BCUT2D eigenvalue weighted by Crippen LogP contribution is 2.40. The van der Waals surface area contributed by atoms with Gasteiger partial charge in [-0.05, 0) is 132 Å². The largest absolute Gasteiger partial charge is 0.310 e. The van der Waals surface area contributed by atoms with Crippen molar-refractivity contribution in [2.45, 2.75) is 0 Å². The molecule has 0 heterocycles. The molecular formula is C58H41N. The van der Waals surface area contributed by atoms with Crippen molar-refractivity contribution in [3.63, 3.8) is 0 Å². The van der Waals surface area contributed by atoms with E-state index in [9.17, 15) is 11.0 Å². The van der Waals surface area contributed by atoms with E-state index in [0.29, 0.717) is 10.9 Å². The molecule has 0 saturated carbocycles.